The van der Waals surface area contributed by atoms with Crippen LogP contribution in [0.2, 0.25) is 5.02 Å². The number of ether oxygens (including phenoxy) is 1. The van der Waals surface area contributed by atoms with E-state index in [1.165, 1.54) is 12.1 Å². The van der Waals surface area contributed by atoms with Crippen LogP contribution in [-0.4, -0.2) is 17.6 Å². The Morgan fingerprint density at radius 3 is 2.38 bits per heavy atom. The SMILES string of the molecule is Cl.N[C@@H](c1ccc(OC(F)(F)F)c(Cl)c1)[C@H](O)C1CCC1. The van der Waals surface area contributed by atoms with Crippen molar-refractivity contribution in [2.45, 2.75) is 37.8 Å². The second kappa shape index (κ2) is 7.05. The molecule has 2 atom stereocenters. The summed E-state index contributed by atoms with van der Waals surface area (Å²) in [5.74, 6) is -0.330. The average Bonchev–Trinajstić information content (AvgIpc) is 2.27. The molecule has 8 heteroatoms. The lowest BCUT2D eigenvalue weighted by atomic mass is 9.77. The van der Waals surface area contributed by atoms with Gasteiger partial charge in [0.1, 0.15) is 5.75 Å². The van der Waals surface area contributed by atoms with Gasteiger partial charge >= 0.3 is 6.36 Å². The van der Waals surface area contributed by atoms with Crippen LogP contribution in [-0.2, 0) is 0 Å². The molecular formula is C13H16Cl2F3NO2. The van der Waals surface area contributed by atoms with Gasteiger partial charge in [0.2, 0.25) is 0 Å². The lowest BCUT2D eigenvalue weighted by Crippen LogP contribution is -2.36. The fourth-order valence-electron chi connectivity index (χ4n) is 2.20. The molecule has 3 nitrogen and oxygen atoms in total. The van der Waals surface area contributed by atoms with Crippen LogP contribution in [0, 0.1) is 5.92 Å². The minimum absolute atomic E-state index is 0. The van der Waals surface area contributed by atoms with Crippen LogP contribution in [0.4, 0.5) is 13.2 Å². The lowest BCUT2D eigenvalue weighted by Gasteiger charge is -2.33. The quantitative estimate of drug-likeness (QED) is 0.872. The van der Waals surface area contributed by atoms with Gasteiger partial charge in [-0.1, -0.05) is 24.1 Å². The van der Waals surface area contributed by atoms with Crippen molar-refractivity contribution in [1.82, 2.24) is 0 Å². The molecule has 3 N–H and O–H groups in total. The summed E-state index contributed by atoms with van der Waals surface area (Å²) in [4.78, 5) is 0. The smallest absolute Gasteiger partial charge is 0.404 e. The Morgan fingerprint density at radius 1 is 1.33 bits per heavy atom. The molecule has 0 spiro atoms. The van der Waals surface area contributed by atoms with Gasteiger partial charge in [0.25, 0.3) is 0 Å². The Balaban J connectivity index is 0.00000220. The monoisotopic (exact) mass is 345 g/mol. The lowest BCUT2D eigenvalue weighted by molar-refractivity contribution is -0.274. The number of aliphatic hydroxyl groups is 1. The van der Waals surface area contributed by atoms with Crippen LogP contribution in [0.5, 0.6) is 5.75 Å². The fourth-order valence-corrected chi connectivity index (χ4v) is 2.43. The van der Waals surface area contributed by atoms with E-state index < -0.39 is 24.3 Å². The summed E-state index contributed by atoms with van der Waals surface area (Å²) in [5, 5.41) is 9.87. The zero-order valence-electron chi connectivity index (χ0n) is 10.9. The second-order valence-electron chi connectivity index (χ2n) is 4.95. The molecule has 1 aromatic rings. The summed E-state index contributed by atoms with van der Waals surface area (Å²) in [6.07, 6.45) is -2.61. The molecule has 1 fully saturated rings. The molecule has 1 aromatic carbocycles. The van der Waals surface area contributed by atoms with Crippen molar-refractivity contribution in [1.29, 1.82) is 0 Å². The van der Waals surface area contributed by atoms with E-state index in [1.807, 2.05) is 0 Å². The molecule has 0 aromatic heterocycles. The van der Waals surface area contributed by atoms with Crippen LogP contribution in [0.3, 0.4) is 0 Å². The maximum Gasteiger partial charge on any atom is 0.573 e. The third kappa shape index (κ3) is 4.64. The van der Waals surface area contributed by atoms with E-state index in [0.717, 1.165) is 25.3 Å². The van der Waals surface area contributed by atoms with Crippen molar-refractivity contribution >= 4 is 24.0 Å². The topological polar surface area (TPSA) is 55.5 Å². The number of rotatable bonds is 4. The van der Waals surface area contributed by atoms with Gasteiger partial charge in [-0.05, 0) is 36.5 Å². The fraction of sp³-hybridized carbons (Fsp3) is 0.538. The van der Waals surface area contributed by atoms with Gasteiger partial charge in [-0.15, -0.1) is 25.6 Å². The Kier molecular flexibility index (Phi) is 6.16. The van der Waals surface area contributed by atoms with E-state index >= 15 is 0 Å². The summed E-state index contributed by atoms with van der Waals surface area (Å²) < 4.78 is 40.1. The third-order valence-electron chi connectivity index (χ3n) is 3.57. The van der Waals surface area contributed by atoms with Crippen LogP contribution in [0.15, 0.2) is 18.2 Å². The zero-order chi connectivity index (χ0) is 14.9. The summed E-state index contributed by atoms with van der Waals surface area (Å²) in [6.45, 7) is 0. The molecule has 1 saturated carbocycles. The summed E-state index contributed by atoms with van der Waals surface area (Å²) in [7, 11) is 0. The first-order valence-electron chi connectivity index (χ1n) is 6.27. The number of nitrogens with two attached hydrogens (primary N) is 1. The first-order valence-corrected chi connectivity index (χ1v) is 6.64. The standard InChI is InChI=1S/C13H15ClF3NO2.ClH/c14-9-6-8(4-5-10(9)20-13(15,16)17)11(18)12(19)7-2-1-3-7;/h4-7,11-12,19H,1-3,18H2;1H/t11-,12+;/m0./s1. The molecule has 2 rings (SSSR count). The maximum absolute atomic E-state index is 12.1. The molecule has 0 aliphatic heterocycles. The predicted molar refractivity (Wildman–Crippen MR) is 75.7 cm³/mol. The minimum Gasteiger partial charge on any atom is -0.404 e. The molecule has 0 heterocycles. The molecule has 1 aliphatic rings. The van der Waals surface area contributed by atoms with Crippen LogP contribution in [0.25, 0.3) is 0 Å². The Hall–Kier alpha value is -0.690. The van der Waals surface area contributed by atoms with Gasteiger partial charge in [-0.3, -0.25) is 0 Å². The number of benzene rings is 1. The van der Waals surface area contributed by atoms with E-state index in [1.54, 1.807) is 0 Å². The molecule has 1 aliphatic carbocycles. The summed E-state index contributed by atoms with van der Waals surface area (Å²) in [6, 6.07) is 3.13. The van der Waals surface area contributed by atoms with Gasteiger partial charge in [0, 0.05) is 0 Å². The Bertz CT molecular complexity index is 481. The molecule has 120 valence electrons. The molecule has 0 bridgehead atoms. The van der Waals surface area contributed by atoms with Gasteiger partial charge < -0.3 is 15.6 Å². The summed E-state index contributed by atoms with van der Waals surface area (Å²) >= 11 is 5.75. The molecule has 0 unspecified atom stereocenters. The number of hydrogen-bond donors (Lipinski definition) is 2. The van der Waals surface area contributed by atoms with E-state index in [0.29, 0.717) is 5.56 Å². The van der Waals surface area contributed by atoms with E-state index in [4.69, 9.17) is 17.3 Å². The molecule has 0 radical (unpaired) electrons. The number of aliphatic hydroxyl groups excluding tert-OH is 1. The highest BCUT2D eigenvalue weighted by Gasteiger charge is 2.33. The van der Waals surface area contributed by atoms with Gasteiger partial charge in [-0.2, -0.15) is 0 Å². The molecular weight excluding hydrogens is 330 g/mol. The average molecular weight is 346 g/mol. The van der Waals surface area contributed by atoms with Crippen molar-refractivity contribution in [3.63, 3.8) is 0 Å². The van der Waals surface area contributed by atoms with E-state index in [2.05, 4.69) is 4.74 Å². The highest BCUT2D eigenvalue weighted by Crippen LogP contribution is 2.36. The van der Waals surface area contributed by atoms with Gasteiger partial charge in [0.05, 0.1) is 17.2 Å². The maximum atomic E-state index is 12.1. The van der Waals surface area contributed by atoms with Gasteiger partial charge in [-0.25, -0.2) is 0 Å². The predicted octanol–water partition coefficient (Wildman–Crippen LogP) is 3.82. The van der Waals surface area contributed by atoms with Crippen molar-refractivity contribution in [2.75, 3.05) is 0 Å². The first-order chi connectivity index (χ1) is 9.28. The van der Waals surface area contributed by atoms with Crippen molar-refractivity contribution < 1.29 is 23.0 Å². The normalized spacial score (nSPS) is 18.4. The number of halogens is 5. The largest absolute Gasteiger partial charge is 0.573 e. The first kappa shape index (κ1) is 18.4. The van der Waals surface area contributed by atoms with Crippen molar-refractivity contribution in [3.8, 4) is 5.75 Å². The minimum atomic E-state index is -4.79. The highest BCUT2D eigenvalue weighted by atomic mass is 35.5. The van der Waals surface area contributed by atoms with Crippen molar-refractivity contribution in [3.05, 3.63) is 28.8 Å². The summed E-state index contributed by atoms with van der Waals surface area (Å²) in [5.41, 5.74) is 6.41. The molecule has 0 saturated heterocycles. The van der Waals surface area contributed by atoms with Gasteiger partial charge in [0.15, 0.2) is 0 Å². The van der Waals surface area contributed by atoms with Crippen molar-refractivity contribution in [2.24, 2.45) is 11.7 Å². The van der Waals surface area contributed by atoms with E-state index in [9.17, 15) is 18.3 Å². The zero-order valence-corrected chi connectivity index (χ0v) is 12.5. The Morgan fingerprint density at radius 2 is 1.95 bits per heavy atom. The highest BCUT2D eigenvalue weighted by molar-refractivity contribution is 6.32. The van der Waals surface area contributed by atoms with Crippen LogP contribution < -0.4 is 10.5 Å². The van der Waals surface area contributed by atoms with Crippen LogP contribution in [0.1, 0.15) is 30.9 Å². The number of alkyl halides is 3. The molecule has 0 amide bonds. The van der Waals surface area contributed by atoms with Crippen LogP contribution >= 0.6 is 24.0 Å². The van der Waals surface area contributed by atoms with E-state index in [-0.39, 0.29) is 23.3 Å². The number of hydrogen-bond acceptors (Lipinski definition) is 3. The third-order valence-corrected chi connectivity index (χ3v) is 3.86. The Labute approximate surface area is 131 Å². The molecule has 21 heavy (non-hydrogen) atoms. The second-order valence-corrected chi connectivity index (χ2v) is 5.35.